The molecule has 0 bridgehead atoms. The third-order valence-corrected chi connectivity index (χ3v) is 2.40. The summed E-state index contributed by atoms with van der Waals surface area (Å²) in [5.41, 5.74) is 0. The van der Waals surface area contributed by atoms with E-state index in [0.29, 0.717) is 18.8 Å². The van der Waals surface area contributed by atoms with Crippen LogP contribution in [0.1, 0.15) is 6.42 Å². The Labute approximate surface area is 93.0 Å². The predicted molar refractivity (Wildman–Crippen MR) is 54.9 cm³/mol. The third kappa shape index (κ3) is 2.46. The third-order valence-electron chi connectivity index (χ3n) is 2.40. The van der Waals surface area contributed by atoms with Gasteiger partial charge in [-0.05, 0) is 0 Å². The molecule has 2 rings (SSSR count). The summed E-state index contributed by atoms with van der Waals surface area (Å²) in [6.07, 6.45) is 5.21. The van der Waals surface area contributed by atoms with E-state index in [1.165, 1.54) is 7.11 Å². The molecule has 2 unspecified atom stereocenters. The van der Waals surface area contributed by atoms with Crippen molar-refractivity contribution in [3.8, 4) is 5.88 Å². The molecule has 0 aliphatic carbocycles. The van der Waals surface area contributed by atoms with Crippen molar-refractivity contribution in [1.29, 1.82) is 0 Å². The molecule has 1 aliphatic heterocycles. The average molecular weight is 223 g/mol. The van der Waals surface area contributed by atoms with Gasteiger partial charge in [-0.15, -0.1) is 0 Å². The highest BCUT2D eigenvalue weighted by Crippen LogP contribution is 2.14. The van der Waals surface area contributed by atoms with Gasteiger partial charge in [0.1, 0.15) is 12.1 Å². The normalized spacial score (nSPS) is 24.1. The number of hydrogen-bond acceptors (Lipinski definition) is 6. The Balaban J connectivity index is 1.88. The molecule has 1 saturated heterocycles. The van der Waals surface area contributed by atoms with Crippen LogP contribution in [0.5, 0.6) is 5.88 Å². The van der Waals surface area contributed by atoms with Gasteiger partial charge in [0.05, 0.1) is 13.3 Å². The van der Waals surface area contributed by atoms with Gasteiger partial charge in [-0.1, -0.05) is 0 Å². The number of nitrogens with zero attached hydrogens (tertiary/aromatic N) is 2. The van der Waals surface area contributed by atoms with Gasteiger partial charge in [-0.25, -0.2) is 4.98 Å². The molecule has 1 aromatic heterocycles. The monoisotopic (exact) mass is 223 g/mol. The summed E-state index contributed by atoms with van der Waals surface area (Å²) in [4.78, 5) is 19.1. The number of aromatic nitrogens is 2. The van der Waals surface area contributed by atoms with Crippen molar-refractivity contribution in [1.82, 2.24) is 15.3 Å². The van der Waals surface area contributed by atoms with Gasteiger partial charge in [0.2, 0.25) is 5.88 Å². The molecule has 2 atom stereocenters. The maximum atomic E-state index is 11.2. The maximum Gasteiger partial charge on any atom is 0.323 e. The zero-order valence-corrected chi connectivity index (χ0v) is 8.92. The predicted octanol–water partition coefficient (Wildman–Crippen LogP) is -0.241. The number of carbonyl (C=O) groups is 1. The average Bonchev–Trinajstić information content (AvgIpc) is 2.78. The van der Waals surface area contributed by atoms with Crippen LogP contribution in [-0.4, -0.2) is 41.7 Å². The first-order valence-electron chi connectivity index (χ1n) is 5.03. The summed E-state index contributed by atoms with van der Waals surface area (Å²) >= 11 is 0. The standard InChI is InChI=1S/C10H13N3O3/c1-15-10(14)8-4-7(5-13-8)16-9-6-11-2-3-12-9/h2-3,6-8,13H,4-5H2,1H3. The van der Waals surface area contributed by atoms with Crippen molar-refractivity contribution in [2.45, 2.75) is 18.6 Å². The fourth-order valence-corrected chi connectivity index (χ4v) is 1.63. The number of methoxy groups -OCH3 is 1. The van der Waals surface area contributed by atoms with E-state index in [4.69, 9.17) is 4.74 Å². The van der Waals surface area contributed by atoms with Gasteiger partial charge in [-0.3, -0.25) is 9.78 Å². The molecule has 1 aliphatic rings. The molecule has 1 aromatic rings. The number of carbonyl (C=O) groups excluding carboxylic acids is 1. The van der Waals surface area contributed by atoms with Crippen LogP contribution in [0.25, 0.3) is 0 Å². The Bertz CT molecular complexity index is 358. The van der Waals surface area contributed by atoms with Crippen LogP contribution >= 0.6 is 0 Å². The summed E-state index contributed by atoms with van der Waals surface area (Å²) in [5.74, 6) is 0.213. The summed E-state index contributed by atoms with van der Waals surface area (Å²) in [6.45, 7) is 0.607. The molecule has 0 radical (unpaired) electrons. The SMILES string of the molecule is COC(=O)C1CC(Oc2cnccn2)CN1. The second-order valence-corrected chi connectivity index (χ2v) is 3.50. The lowest BCUT2D eigenvalue weighted by Crippen LogP contribution is -2.31. The fourth-order valence-electron chi connectivity index (χ4n) is 1.63. The molecule has 0 spiro atoms. The van der Waals surface area contributed by atoms with Crippen molar-refractivity contribution in [3.63, 3.8) is 0 Å². The molecule has 0 amide bonds. The molecule has 1 fully saturated rings. The summed E-state index contributed by atoms with van der Waals surface area (Å²) in [6, 6.07) is -0.285. The fraction of sp³-hybridized carbons (Fsp3) is 0.500. The first kappa shape index (κ1) is 10.8. The quantitative estimate of drug-likeness (QED) is 0.713. The topological polar surface area (TPSA) is 73.3 Å². The largest absolute Gasteiger partial charge is 0.472 e. The van der Waals surface area contributed by atoms with Crippen molar-refractivity contribution >= 4 is 5.97 Å². The van der Waals surface area contributed by atoms with Gasteiger partial charge in [0.15, 0.2) is 0 Å². The summed E-state index contributed by atoms with van der Waals surface area (Å²) in [7, 11) is 1.38. The minimum atomic E-state index is -0.285. The van der Waals surface area contributed by atoms with Crippen LogP contribution in [0.4, 0.5) is 0 Å². The Hall–Kier alpha value is -1.69. The van der Waals surface area contributed by atoms with E-state index in [1.54, 1.807) is 18.6 Å². The molecule has 0 saturated carbocycles. The van der Waals surface area contributed by atoms with Gasteiger partial charge in [0, 0.05) is 25.4 Å². The molecule has 2 heterocycles. The Morgan fingerprint density at radius 1 is 1.56 bits per heavy atom. The number of esters is 1. The molecule has 6 heteroatoms. The van der Waals surface area contributed by atoms with Crippen LogP contribution in [-0.2, 0) is 9.53 Å². The molecule has 16 heavy (non-hydrogen) atoms. The number of hydrogen-bond donors (Lipinski definition) is 1. The lowest BCUT2D eigenvalue weighted by atomic mass is 10.2. The van der Waals surface area contributed by atoms with Crippen LogP contribution in [0, 0.1) is 0 Å². The molecule has 6 nitrogen and oxygen atoms in total. The highest BCUT2D eigenvalue weighted by atomic mass is 16.5. The van der Waals surface area contributed by atoms with Crippen LogP contribution in [0.2, 0.25) is 0 Å². The zero-order chi connectivity index (χ0) is 11.4. The van der Waals surface area contributed by atoms with E-state index < -0.39 is 0 Å². The van der Waals surface area contributed by atoms with Crippen molar-refractivity contribution in [3.05, 3.63) is 18.6 Å². The van der Waals surface area contributed by atoms with Crippen LogP contribution < -0.4 is 10.1 Å². The maximum absolute atomic E-state index is 11.2. The van der Waals surface area contributed by atoms with Gasteiger partial charge in [0.25, 0.3) is 0 Å². The first-order valence-corrected chi connectivity index (χ1v) is 5.03. The van der Waals surface area contributed by atoms with Gasteiger partial charge < -0.3 is 14.8 Å². The van der Waals surface area contributed by atoms with Gasteiger partial charge in [-0.2, -0.15) is 0 Å². The molecule has 1 N–H and O–H groups in total. The Morgan fingerprint density at radius 3 is 3.12 bits per heavy atom. The summed E-state index contributed by atoms with van der Waals surface area (Å²) in [5, 5.41) is 3.03. The Kier molecular flexibility index (Phi) is 3.31. The van der Waals surface area contributed by atoms with Crippen molar-refractivity contribution in [2.75, 3.05) is 13.7 Å². The molecule has 86 valence electrons. The van der Waals surface area contributed by atoms with E-state index in [9.17, 15) is 4.79 Å². The zero-order valence-electron chi connectivity index (χ0n) is 8.92. The number of nitrogens with one attached hydrogen (secondary N) is 1. The minimum Gasteiger partial charge on any atom is -0.472 e. The van der Waals surface area contributed by atoms with E-state index in [-0.39, 0.29) is 18.1 Å². The first-order chi connectivity index (χ1) is 7.79. The highest BCUT2D eigenvalue weighted by molar-refractivity contribution is 5.76. The van der Waals surface area contributed by atoms with E-state index in [0.717, 1.165) is 0 Å². The van der Waals surface area contributed by atoms with E-state index in [2.05, 4.69) is 20.0 Å². The number of rotatable bonds is 3. The highest BCUT2D eigenvalue weighted by Gasteiger charge is 2.31. The molecular weight excluding hydrogens is 210 g/mol. The Morgan fingerprint density at radius 2 is 2.44 bits per heavy atom. The lowest BCUT2D eigenvalue weighted by molar-refractivity contribution is -0.142. The van der Waals surface area contributed by atoms with Crippen LogP contribution in [0.3, 0.4) is 0 Å². The van der Waals surface area contributed by atoms with E-state index >= 15 is 0 Å². The van der Waals surface area contributed by atoms with Crippen LogP contribution in [0.15, 0.2) is 18.6 Å². The molecule has 0 aromatic carbocycles. The second kappa shape index (κ2) is 4.89. The van der Waals surface area contributed by atoms with Gasteiger partial charge >= 0.3 is 5.97 Å². The minimum absolute atomic E-state index is 0.0687. The molecular formula is C10H13N3O3. The summed E-state index contributed by atoms with van der Waals surface area (Å²) < 4.78 is 10.2. The van der Waals surface area contributed by atoms with Crippen molar-refractivity contribution < 1.29 is 14.3 Å². The smallest absolute Gasteiger partial charge is 0.323 e. The lowest BCUT2D eigenvalue weighted by Gasteiger charge is -2.10. The van der Waals surface area contributed by atoms with E-state index in [1.807, 2.05) is 0 Å². The van der Waals surface area contributed by atoms with Crippen molar-refractivity contribution in [2.24, 2.45) is 0 Å². The second-order valence-electron chi connectivity index (χ2n) is 3.50. The number of ether oxygens (including phenoxy) is 2.